The number of nitrogens with zero attached hydrogens (tertiary/aromatic N) is 3. The molecule has 2 amide bonds. The summed E-state index contributed by atoms with van der Waals surface area (Å²) in [7, 11) is 0. The van der Waals surface area contributed by atoms with E-state index >= 15 is 0 Å². The van der Waals surface area contributed by atoms with Gasteiger partial charge in [-0.3, -0.25) is 0 Å². The highest BCUT2D eigenvalue weighted by atomic mass is 19.1. The highest BCUT2D eigenvalue weighted by molar-refractivity contribution is 5.74. The molecular formula is C18H17FN4O2. The molecule has 1 atom stereocenters. The molecule has 6 nitrogen and oxygen atoms in total. The Hall–Kier alpha value is -3.14. The topological polar surface area (TPSA) is 78.2 Å². The van der Waals surface area contributed by atoms with E-state index in [2.05, 4.69) is 10.3 Å². The van der Waals surface area contributed by atoms with E-state index in [1.54, 1.807) is 29.2 Å². The van der Waals surface area contributed by atoms with Crippen LogP contribution in [0.25, 0.3) is 0 Å². The van der Waals surface area contributed by atoms with Gasteiger partial charge in [0.2, 0.25) is 5.88 Å². The maximum Gasteiger partial charge on any atom is 0.317 e. The van der Waals surface area contributed by atoms with Gasteiger partial charge in [-0.05, 0) is 23.8 Å². The number of nitrogens with one attached hydrogen (secondary N) is 1. The van der Waals surface area contributed by atoms with Crippen molar-refractivity contribution in [3.8, 4) is 11.9 Å². The summed E-state index contributed by atoms with van der Waals surface area (Å²) >= 11 is 0. The first-order chi connectivity index (χ1) is 12.1. The van der Waals surface area contributed by atoms with E-state index in [0.717, 1.165) is 5.56 Å². The number of ether oxygens (including phenoxy) is 1. The molecule has 2 aromatic rings. The summed E-state index contributed by atoms with van der Waals surface area (Å²) < 4.78 is 18.6. The molecule has 2 heterocycles. The molecule has 1 aliphatic heterocycles. The van der Waals surface area contributed by atoms with Crippen molar-refractivity contribution in [3.63, 3.8) is 0 Å². The number of urea groups is 1. The first kappa shape index (κ1) is 16.7. The average molecular weight is 340 g/mol. The van der Waals surface area contributed by atoms with Crippen molar-refractivity contribution < 1.29 is 13.9 Å². The second-order valence-corrected chi connectivity index (χ2v) is 5.75. The summed E-state index contributed by atoms with van der Waals surface area (Å²) in [5, 5.41) is 11.7. The molecule has 1 fully saturated rings. The van der Waals surface area contributed by atoms with Crippen LogP contribution in [0, 0.1) is 17.1 Å². The molecule has 1 aromatic carbocycles. The largest absolute Gasteiger partial charge is 0.472 e. The van der Waals surface area contributed by atoms with Gasteiger partial charge in [-0.2, -0.15) is 5.26 Å². The van der Waals surface area contributed by atoms with E-state index in [-0.39, 0.29) is 18.0 Å². The van der Waals surface area contributed by atoms with Crippen molar-refractivity contribution in [2.45, 2.75) is 19.1 Å². The number of carbonyl (C=O) groups excluding carboxylic acids is 1. The van der Waals surface area contributed by atoms with Gasteiger partial charge in [0.15, 0.2) is 0 Å². The van der Waals surface area contributed by atoms with Crippen LogP contribution in [0.5, 0.6) is 5.88 Å². The van der Waals surface area contributed by atoms with E-state index in [0.29, 0.717) is 37.5 Å². The van der Waals surface area contributed by atoms with Crippen LogP contribution >= 0.6 is 0 Å². The van der Waals surface area contributed by atoms with Gasteiger partial charge >= 0.3 is 6.03 Å². The smallest absolute Gasteiger partial charge is 0.317 e. The molecule has 3 rings (SSSR count). The maximum atomic E-state index is 12.9. The van der Waals surface area contributed by atoms with Gasteiger partial charge in [-0.15, -0.1) is 0 Å². The molecule has 128 valence electrons. The van der Waals surface area contributed by atoms with Crippen LogP contribution in [0.1, 0.15) is 17.5 Å². The zero-order valence-electron chi connectivity index (χ0n) is 13.5. The van der Waals surface area contributed by atoms with Crippen LogP contribution in [0.4, 0.5) is 9.18 Å². The average Bonchev–Trinajstić information content (AvgIpc) is 3.09. The molecule has 1 saturated heterocycles. The minimum atomic E-state index is -0.302. The summed E-state index contributed by atoms with van der Waals surface area (Å²) in [5.74, 6) is 0.0845. The van der Waals surface area contributed by atoms with Gasteiger partial charge in [-0.25, -0.2) is 14.2 Å². The number of rotatable bonds is 4. The molecule has 7 heteroatoms. The fourth-order valence-electron chi connectivity index (χ4n) is 2.61. The Balaban J connectivity index is 1.49. The molecule has 0 spiro atoms. The first-order valence-electron chi connectivity index (χ1n) is 7.94. The number of hydrogen-bond acceptors (Lipinski definition) is 4. The number of likely N-dealkylation sites (tertiary alicyclic amines) is 1. The summed E-state index contributed by atoms with van der Waals surface area (Å²) in [5.41, 5.74) is 1.32. The maximum absolute atomic E-state index is 12.9. The van der Waals surface area contributed by atoms with E-state index in [1.807, 2.05) is 6.07 Å². The van der Waals surface area contributed by atoms with Gasteiger partial charge in [0.05, 0.1) is 18.2 Å². The molecule has 1 aromatic heterocycles. The summed E-state index contributed by atoms with van der Waals surface area (Å²) in [6.45, 7) is 1.37. The third-order valence-corrected chi connectivity index (χ3v) is 3.94. The van der Waals surface area contributed by atoms with Gasteiger partial charge in [-0.1, -0.05) is 12.1 Å². The summed E-state index contributed by atoms with van der Waals surface area (Å²) in [4.78, 5) is 18.0. The lowest BCUT2D eigenvalue weighted by molar-refractivity contribution is 0.183. The molecule has 1 N–H and O–H groups in total. The molecule has 1 aliphatic rings. The first-order valence-corrected chi connectivity index (χ1v) is 7.94. The standard InChI is InChI=1S/C18H17FN4O2/c19-15-3-1-13(2-4-15)11-22-18(24)23-8-6-16(12-23)25-17-9-14(10-20)5-7-21-17/h1-5,7,9,16H,6,8,11-12H2,(H,22,24). The number of carbonyl (C=O) groups is 1. The van der Waals surface area contributed by atoms with Crippen LogP contribution in [0.2, 0.25) is 0 Å². The van der Waals surface area contributed by atoms with Crippen molar-refractivity contribution in [2.24, 2.45) is 0 Å². The number of aromatic nitrogens is 1. The highest BCUT2D eigenvalue weighted by Gasteiger charge is 2.27. The number of halogens is 1. The molecule has 25 heavy (non-hydrogen) atoms. The van der Waals surface area contributed by atoms with Crippen molar-refractivity contribution in [1.82, 2.24) is 15.2 Å². The minimum absolute atomic E-state index is 0.155. The molecule has 0 aliphatic carbocycles. The van der Waals surface area contributed by atoms with Crippen LogP contribution in [-0.4, -0.2) is 35.1 Å². The van der Waals surface area contributed by atoms with Crippen molar-refractivity contribution in [3.05, 3.63) is 59.5 Å². The number of hydrogen-bond donors (Lipinski definition) is 1. The quantitative estimate of drug-likeness (QED) is 0.927. The van der Waals surface area contributed by atoms with Crippen molar-refractivity contribution in [2.75, 3.05) is 13.1 Å². The lowest BCUT2D eigenvalue weighted by Gasteiger charge is -2.17. The molecule has 0 radical (unpaired) electrons. The predicted octanol–water partition coefficient (Wildman–Crippen LogP) is 2.46. The highest BCUT2D eigenvalue weighted by Crippen LogP contribution is 2.17. The fourth-order valence-corrected chi connectivity index (χ4v) is 2.61. The van der Waals surface area contributed by atoms with Crippen LogP contribution in [0.15, 0.2) is 42.6 Å². The second kappa shape index (κ2) is 7.62. The molecule has 0 saturated carbocycles. The lowest BCUT2D eigenvalue weighted by Crippen LogP contribution is -2.39. The normalized spacial score (nSPS) is 16.3. The Kier molecular flexibility index (Phi) is 5.09. The van der Waals surface area contributed by atoms with E-state index in [4.69, 9.17) is 10.00 Å². The van der Waals surface area contributed by atoms with Gasteiger partial charge in [0.25, 0.3) is 0 Å². The molecule has 0 bridgehead atoms. The van der Waals surface area contributed by atoms with Crippen molar-refractivity contribution in [1.29, 1.82) is 5.26 Å². The molecule has 1 unspecified atom stereocenters. The zero-order chi connectivity index (χ0) is 17.6. The van der Waals surface area contributed by atoms with E-state index in [9.17, 15) is 9.18 Å². The van der Waals surface area contributed by atoms with Crippen LogP contribution in [0.3, 0.4) is 0 Å². The summed E-state index contributed by atoms with van der Waals surface area (Å²) in [6.07, 6.45) is 2.07. The predicted molar refractivity (Wildman–Crippen MR) is 88.2 cm³/mol. The Labute approximate surface area is 144 Å². The van der Waals surface area contributed by atoms with Crippen LogP contribution in [-0.2, 0) is 6.54 Å². The lowest BCUT2D eigenvalue weighted by atomic mass is 10.2. The van der Waals surface area contributed by atoms with Crippen LogP contribution < -0.4 is 10.1 Å². The second-order valence-electron chi connectivity index (χ2n) is 5.75. The van der Waals surface area contributed by atoms with E-state index in [1.165, 1.54) is 18.3 Å². The number of benzene rings is 1. The molecular weight excluding hydrogens is 323 g/mol. The fraction of sp³-hybridized carbons (Fsp3) is 0.278. The zero-order valence-corrected chi connectivity index (χ0v) is 13.5. The monoisotopic (exact) mass is 340 g/mol. The Morgan fingerprint density at radius 1 is 1.40 bits per heavy atom. The Bertz CT molecular complexity index is 788. The van der Waals surface area contributed by atoms with Gasteiger partial charge in [0.1, 0.15) is 11.9 Å². The van der Waals surface area contributed by atoms with Gasteiger partial charge in [0, 0.05) is 31.8 Å². The number of amides is 2. The minimum Gasteiger partial charge on any atom is -0.472 e. The van der Waals surface area contributed by atoms with E-state index < -0.39 is 0 Å². The number of nitriles is 1. The third kappa shape index (κ3) is 4.44. The van der Waals surface area contributed by atoms with Gasteiger partial charge < -0.3 is 15.0 Å². The SMILES string of the molecule is N#Cc1ccnc(OC2CCN(C(=O)NCc3ccc(F)cc3)C2)c1. The van der Waals surface area contributed by atoms with Crippen molar-refractivity contribution >= 4 is 6.03 Å². The summed E-state index contributed by atoms with van der Waals surface area (Å²) in [6, 6.07) is 11.0. The third-order valence-electron chi connectivity index (χ3n) is 3.94. The number of pyridine rings is 1. The Morgan fingerprint density at radius 3 is 2.96 bits per heavy atom. The Morgan fingerprint density at radius 2 is 2.20 bits per heavy atom.